The largest absolute Gasteiger partial charge is 0.476 e. The molecule has 21 heavy (non-hydrogen) atoms. The molecule has 2 aromatic rings. The van der Waals surface area contributed by atoms with Crippen molar-refractivity contribution < 1.29 is 13.9 Å². The molecule has 112 valence electrons. The van der Waals surface area contributed by atoms with Gasteiger partial charge < -0.3 is 15.2 Å². The Morgan fingerprint density at radius 3 is 2.71 bits per heavy atom. The van der Waals surface area contributed by atoms with Crippen LogP contribution in [0.4, 0.5) is 10.1 Å². The highest BCUT2D eigenvalue weighted by atomic mass is 19.1. The van der Waals surface area contributed by atoms with E-state index in [0.717, 1.165) is 0 Å². The Balaban J connectivity index is 2.20. The third-order valence-corrected chi connectivity index (χ3v) is 2.79. The van der Waals surface area contributed by atoms with Gasteiger partial charge in [0.05, 0.1) is 12.3 Å². The van der Waals surface area contributed by atoms with E-state index in [1.165, 1.54) is 0 Å². The molecule has 0 amide bonds. The summed E-state index contributed by atoms with van der Waals surface area (Å²) in [6.07, 6.45) is 0. The molecule has 0 aliphatic carbocycles. The van der Waals surface area contributed by atoms with Gasteiger partial charge in [0.25, 0.3) is 0 Å². The van der Waals surface area contributed by atoms with Crippen LogP contribution < -0.4 is 15.2 Å². The molecule has 0 aliphatic heterocycles. The summed E-state index contributed by atoms with van der Waals surface area (Å²) in [6, 6.07) is 8.16. The van der Waals surface area contributed by atoms with Gasteiger partial charge in [0.2, 0.25) is 11.8 Å². The number of rotatable bonds is 5. The van der Waals surface area contributed by atoms with Gasteiger partial charge in [0.1, 0.15) is 0 Å². The SMILES string of the molecule is Cc1cccc(Oc2ccc(N)c(OCC(C)C)n2)c1F. The van der Waals surface area contributed by atoms with Gasteiger partial charge >= 0.3 is 0 Å². The molecule has 0 saturated carbocycles. The van der Waals surface area contributed by atoms with Crippen molar-refractivity contribution in [1.82, 2.24) is 4.98 Å². The van der Waals surface area contributed by atoms with Crippen LogP contribution >= 0.6 is 0 Å². The summed E-state index contributed by atoms with van der Waals surface area (Å²) in [5.41, 5.74) is 6.74. The second-order valence-electron chi connectivity index (χ2n) is 5.24. The van der Waals surface area contributed by atoms with Crippen LogP contribution in [0.3, 0.4) is 0 Å². The average Bonchev–Trinajstić information content (AvgIpc) is 2.44. The number of aromatic nitrogens is 1. The van der Waals surface area contributed by atoms with Crippen LogP contribution in [0, 0.1) is 18.7 Å². The Hall–Kier alpha value is -2.30. The van der Waals surface area contributed by atoms with E-state index in [-0.39, 0.29) is 11.6 Å². The summed E-state index contributed by atoms with van der Waals surface area (Å²) in [7, 11) is 0. The molecule has 0 spiro atoms. The monoisotopic (exact) mass is 290 g/mol. The molecule has 0 fully saturated rings. The molecule has 4 nitrogen and oxygen atoms in total. The minimum Gasteiger partial charge on any atom is -0.476 e. The van der Waals surface area contributed by atoms with Crippen molar-refractivity contribution in [2.45, 2.75) is 20.8 Å². The molecule has 0 atom stereocenters. The van der Waals surface area contributed by atoms with Gasteiger partial charge in [-0.05, 0) is 30.5 Å². The number of hydrogen-bond donors (Lipinski definition) is 1. The zero-order valence-electron chi connectivity index (χ0n) is 12.4. The third kappa shape index (κ3) is 3.84. The maximum Gasteiger partial charge on any atom is 0.240 e. The Bertz CT molecular complexity index is 630. The van der Waals surface area contributed by atoms with E-state index >= 15 is 0 Å². The van der Waals surface area contributed by atoms with Crippen LogP contribution in [-0.2, 0) is 0 Å². The second kappa shape index (κ2) is 6.43. The lowest BCUT2D eigenvalue weighted by Crippen LogP contribution is -2.08. The van der Waals surface area contributed by atoms with E-state index in [2.05, 4.69) is 4.98 Å². The van der Waals surface area contributed by atoms with Gasteiger partial charge in [-0.15, -0.1) is 0 Å². The molecular weight excluding hydrogens is 271 g/mol. The first kappa shape index (κ1) is 15.1. The molecule has 2 N–H and O–H groups in total. The van der Waals surface area contributed by atoms with Crippen molar-refractivity contribution in [3.05, 3.63) is 41.7 Å². The smallest absolute Gasteiger partial charge is 0.240 e. The number of hydrogen-bond acceptors (Lipinski definition) is 4. The molecule has 1 aromatic heterocycles. The van der Waals surface area contributed by atoms with E-state index in [4.69, 9.17) is 15.2 Å². The van der Waals surface area contributed by atoms with Crippen molar-refractivity contribution in [2.75, 3.05) is 12.3 Å². The molecule has 0 unspecified atom stereocenters. The Kier molecular flexibility index (Phi) is 4.62. The summed E-state index contributed by atoms with van der Waals surface area (Å²) in [5, 5.41) is 0. The fourth-order valence-electron chi connectivity index (χ4n) is 1.66. The van der Waals surface area contributed by atoms with Crippen molar-refractivity contribution in [2.24, 2.45) is 5.92 Å². The lowest BCUT2D eigenvalue weighted by atomic mass is 10.2. The Morgan fingerprint density at radius 2 is 2.00 bits per heavy atom. The van der Waals surface area contributed by atoms with Gasteiger partial charge in [0, 0.05) is 6.07 Å². The highest BCUT2D eigenvalue weighted by Crippen LogP contribution is 2.28. The number of nitrogens with two attached hydrogens (primary N) is 1. The summed E-state index contributed by atoms with van der Waals surface area (Å²) in [5.74, 6) is 0.620. The first-order chi connectivity index (χ1) is 9.97. The van der Waals surface area contributed by atoms with E-state index in [0.29, 0.717) is 29.7 Å². The standard InChI is InChI=1S/C16H19FN2O2/c1-10(2)9-20-16-12(18)7-8-14(19-16)21-13-6-4-5-11(3)15(13)17/h4-8,10H,9,18H2,1-3H3. The van der Waals surface area contributed by atoms with Crippen molar-refractivity contribution in [1.29, 1.82) is 0 Å². The quantitative estimate of drug-likeness (QED) is 0.906. The zero-order chi connectivity index (χ0) is 15.4. The van der Waals surface area contributed by atoms with Crippen LogP contribution in [0.2, 0.25) is 0 Å². The predicted molar refractivity (Wildman–Crippen MR) is 80.2 cm³/mol. The molecule has 2 rings (SSSR count). The van der Waals surface area contributed by atoms with E-state index in [1.54, 1.807) is 37.3 Å². The van der Waals surface area contributed by atoms with Crippen LogP contribution in [0.25, 0.3) is 0 Å². The van der Waals surface area contributed by atoms with Crippen LogP contribution in [0.1, 0.15) is 19.4 Å². The van der Waals surface area contributed by atoms with Gasteiger partial charge in [-0.3, -0.25) is 0 Å². The Morgan fingerprint density at radius 1 is 1.24 bits per heavy atom. The number of nitrogens with zero attached hydrogens (tertiary/aromatic N) is 1. The number of anilines is 1. The summed E-state index contributed by atoms with van der Waals surface area (Å²) >= 11 is 0. The number of halogens is 1. The van der Waals surface area contributed by atoms with E-state index in [9.17, 15) is 4.39 Å². The topological polar surface area (TPSA) is 57.4 Å². The summed E-state index contributed by atoms with van der Waals surface area (Å²) < 4.78 is 24.9. The minimum atomic E-state index is -0.402. The molecule has 1 heterocycles. The van der Waals surface area contributed by atoms with Gasteiger partial charge in [0.15, 0.2) is 11.6 Å². The molecule has 0 radical (unpaired) electrons. The van der Waals surface area contributed by atoms with Gasteiger partial charge in [-0.2, -0.15) is 4.98 Å². The van der Waals surface area contributed by atoms with Crippen molar-refractivity contribution in [3.63, 3.8) is 0 Å². The zero-order valence-corrected chi connectivity index (χ0v) is 12.4. The van der Waals surface area contributed by atoms with E-state index in [1.807, 2.05) is 13.8 Å². The highest BCUT2D eigenvalue weighted by molar-refractivity contribution is 5.49. The van der Waals surface area contributed by atoms with Gasteiger partial charge in [-0.1, -0.05) is 26.0 Å². The van der Waals surface area contributed by atoms with Crippen molar-refractivity contribution in [3.8, 4) is 17.5 Å². The van der Waals surface area contributed by atoms with Crippen LogP contribution in [-0.4, -0.2) is 11.6 Å². The molecule has 0 saturated heterocycles. The first-order valence-corrected chi connectivity index (χ1v) is 6.79. The predicted octanol–water partition coefficient (Wildman–Crippen LogP) is 3.94. The minimum absolute atomic E-state index is 0.127. The summed E-state index contributed by atoms with van der Waals surface area (Å²) in [4.78, 5) is 4.17. The molecule has 0 aliphatic rings. The van der Waals surface area contributed by atoms with Crippen LogP contribution in [0.15, 0.2) is 30.3 Å². The third-order valence-electron chi connectivity index (χ3n) is 2.79. The molecule has 0 bridgehead atoms. The molecular formula is C16H19FN2O2. The van der Waals surface area contributed by atoms with Gasteiger partial charge in [-0.25, -0.2) is 4.39 Å². The van der Waals surface area contributed by atoms with Crippen LogP contribution in [0.5, 0.6) is 17.5 Å². The fraction of sp³-hybridized carbons (Fsp3) is 0.312. The normalized spacial score (nSPS) is 10.7. The number of nitrogen functional groups attached to an aromatic ring is 1. The molecule has 1 aromatic carbocycles. The lowest BCUT2D eigenvalue weighted by molar-refractivity contribution is 0.260. The number of aryl methyl sites for hydroxylation is 1. The maximum atomic E-state index is 13.9. The first-order valence-electron chi connectivity index (χ1n) is 6.79. The van der Waals surface area contributed by atoms with Crippen molar-refractivity contribution >= 4 is 5.69 Å². The number of benzene rings is 1. The second-order valence-corrected chi connectivity index (χ2v) is 5.24. The highest BCUT2D eigenvalue weighted by Gasteiger charge is 2.10. The number of pyridine rings is 1. The summed E-state index contributed by atoms with van der Waals surface area (Å²) in [6.45, 7) is 6.23. The van der Waals surface area contributed by atoms with E-state index < -0.39 is 5.82 Å². The lowest BCUT2D eigenvalue weighted by Gasteiger charge is -2.12. The molecule has 5 heteroatoms. The average molecular weight is 290 g/mol. The fourth-order valence-corrected chi connectivity index (χ4v) is 1.66. The maximum absolute atomic E-state index is 13.9. The number of ether oxygens (including phenoxy) is 2. The Labute approximate surface area is 123 Å².